The fourth-order valence-corrected chi connectivity index (χ4v) is 4.09. The number of carbonyl (C=O) groups is 2. The smallest absolute Gasteiger partial charge is 0.274 e. The number of amides is 2. The summed E-state index contributed by atoms with van der Waals surface area (Å²) in [6.45, 7) is 1.93. The molecule has 0 radical (unpaired) electrons. The zero-order valence-electron chi connectivity index (χ0n) is 18.4. The Bertz CT molecular complexity index is 1260. The van der Waals surface area contributed by atoms with E-state index in [4.69, 9.17) is 0 Å². The second-order valence-electron chi connectivity index (χ2n) is 7.41. The third-order valence-corrected chi connectivity index (χ3v) is 5.88. The zero-order valence-corrected chi connectivity index (χ0v) is 19.2. The highest BCUT2D eigenvalue weighted by Crippen LogP contribution is 2.24. The number of nitrogens with one attached hydrogen (secondary N) is 2. The van der Waals surface area contributed by atoms with E-state index in [1.54, 1.807) is 35.0 Å². The highest BCUT2D eigenvalue weighted by molar-refractivity contribution is 7.98. The lowest BCUT2D eigenvalue weighted by Gasteiger charge is -2.17. The van der Waals surface area contributed by atoms with E-state index in [1.807, 2.05) is 73.8 Å². The average molecular weight is 457 g/mol. The van der Waals surface area contributed by atoms with E-state index >= 15 is 0 Å². The van der Waals surface area contributed by atoms with Crippen molar-refractivity contribution in [1.82, 2.24) is 14.9 Å². The maximum absolute atomic E-state index is 13.2. The van der Waals surface area contributed by atoms with Crippen LogP contribution in [0.25, 0.3) is 5.69 Å². The van der Waals surface area contributed by atoms with Gasteiger partial charge in [-0.3, -0.25) is 14.2 Å². The van der Waals surface area contributed by atoms with Crippen molar-refractivity contribution in [2.45, 2.75) is 18.1 Å². The number of anilines is 1. The first kappa shape index (κ1) is 22.4. The van der Waals surface area contributed by atoms with Gasteiger partial charge in [-0.1, -0.05) is 72.4 Å². The van der Waals surface area contributed by atoms with Crippen LogP contribution in [0.3, 0.4) is 0 Å². The number of rotatable bonds is 7. The van der Waals surface area contributed by atoms with Crippen LogP contribution in [-0.4, -0.2) is 27.6 Å². The molecule has 4 aromatic rings. The summed E-state index contributed by atoms with van der Waals surface area (Å²) in [4.78, 5) is 30.7. The molecule has 0 bridgehead atoms. The Labute approximate surface area is 197 Å². The van der Waals surface area contributed by atoms with Crippen molar-refractivity contribution in [2.75, 3.05) is 11.6 Å². The number of nitrogens with zero attached hydrogens (tertiary/aromatic N) is 2. The largest absolute Gasteiger partial charge is 0.345 e. The molecule has 7 heteroatoms. The van der Waals surface area contributed by atoms with Crippen LogP contribution in [0, 0.1) is 0 Å². The van der Waals surface area contributed by atoms with Gasteiger partial charge in [-0.05, 0) is 43.0 Å². The molecule has 0 aliphatic carbocycles. The van der Waals surface area contributed by atoms with Gasteiger partial charge < -0.3 is 10.6 Å². The number of hydrogen-bond acceptors (Lipinski definition) is 4. The van der Waals surface area contributed by atoms with Crippen molar-refractivity contribution in [3.63, 3.8) is 0 Å². The van der Waals surface area contributed by atoms with Gasteiger partial charge in [-0.25, -0.2) is 4.98 Å². The van der Waals surface area contributed by atoms with Crippen LogP contribution in [0.2, 0.25) is 0 Å². The Kier molecular flexibility index (Phi) is 6.90. The van der Waals surface area contributed by atoms with Crippen LogP contribution in [0.15, 0.2) is 96.3 Å². The number of imidazole rings is 1. The third-order valence-electron chi connectivity index (χ3n) is 5.23. The molecule has 0 spiro atoms. The highest BCUT2D eigenvalue weighted by atomic mass is 32.2. The lowest BCUT2D eigenvalue weighted by molar-refractivity contribution is 0.0941. The summed E-state index contributed by atoms with van der Waals surface area (Å²) in [7, 11) is 0. The van der Waals surface area contributed by atoms with Crippen LogP contribution in [0.1, 0.15) is 39.4 Å². The molecule has 3 aromatic carbocycles. The van der Waals surface area contributed by atoms with Gasteiger partial charge in [0.15, 0.2) is 5.16 Å². The normalized spacial score (nSPS) is 11.6. The van der Waals surface area contributed by atoms with Gasteiger partial charge in [0.25, 0.3) is 11.8 Å². The molecule has 0 aliphatic rings. The summed E-state index contributed by atoms with van der Waals surface area (Å²) in [5, 5.41) is 6.61. The van der Waals surface area contributed by atoms with Crippen molar-refractivity contribution < 1.29 is 9.59 Å². The second kappa shape index (κ2) is 10.2. The summed E-state index contributed by atoms with van der Waals surface area (Å²) in [5.74, 6) is -0.605. The zero-order chi connectivity index (χ0) is 23.2. The molecule has 4 rings (SSSR count). The molecule has 0 aliphatic heterocycles. The molecule has 0 fully saturated rings. The first-order valence-corrected chi connectivity index (χ1v) is 11.7. The third kappa shape index (κ3) is 4.99. The van der Waals surface area contributed by atoms with Crippen molar-refractivity contribution in [3.8, 4) is 5.69 Å². The lowest BCUT2D eigenvalue weighted by atomic mass is 10.1. The molecule has 2 N–H and O–H groups in total. The Morgan fingerprint density at radius 1 is 0.879 bits per heavy atom. The predicted molar refractivity (Wildman–Crippen MR) is 132 cm³/mol. The number of carbonyl (C=O) groups excluding carboxylic acids is 2. The number of thioether (sulfide) groups is 1. The number of benzene rings is 3. The highest BCUT2D eigenvalue weighted by Gasteiger charge is 2.20. The molecule has 1 unspecified atom stereocenters. The molecule has 2 amide bonds. The van der Waals surface area contributed by atoms with E-state index in [2.05, 4.69) is 15.6 Å². The van der Waals surface area contributed by atoms with Gasteiger partial charge in [-0.2, -0.15) is 0 Å². The van der Waals surface area contributed by atoms with Gasteiger partial charge in [0.1, 0.15) is 5.69 Å². The molecule has 1 heterocycles. The predicted octanol–water partition coefficient (Wildman–Crippen LogP) is 5.34. The minimum absolute atomic E-state index is 0.175. The number of hydrogen-bond donors (Lipinski definition) is 2. The van der Waals surface area contributed by atoms with Crippen LogP contribution >= 0.6 is 11.8 Å². The summed E-state index contributed by atoms with van der Waals surface area (Å²) in [6.07, 6.45) is 3.46. The van der Waals surface area contributed by atoms with E-state index in [9.17, 15) is 9.59 Å². The van der Waals surface area contributed by atoms with E-state index < -0.39 is 0 Å². The van der Waals surface area contributed by atoms with Crippen molar-refractivity contribution in [3.05, 3.63) is 108 Å². The maximum Gasteiger partial charge on any atom is 0.274 e. The molecule has 166 valence electrons. The van der Waals surface area contributed by atoms with Gasteiger partial charge in [0, 0.05) is 5.69 Å². The quantitative estimate of drug-likeness (QED) is 0.368. The number of aromatic nitrogens is 2. The molecule has 0 saturated carbocycles. The summed E-state index contributed by atoms with van der Waals surface area (Å²) >= 11 is 1.46. The average Bonchev–Trinajstić information content (AvgIpc) is 3.30. The van der Waals surface area contributed by atoms with Crippen LogP contribution in [0.5, 0.6) is 0 Å². The first-order chi connectivity index (χ1) is 16.1. The molecule has 33 heavy (non-hydrogen) atoms. The maximum atomic E-state index is 13.2. The second-order valence-corrected chi connectivity index (χ2v) is 8.18. The summed E-state index contributed by atoms with van der Waals surface area (Å²) in [6, 6.07) is 26.1. The monoisotopic (exact) mass is 456 g/mol. The van der Waals surface area contributed by atoms with E-state index in [-0.39, 0.29) is 17.9 Å². The van der Waals surface area contributed by atoms with Gasteiger partial charge in [0.2, 0.25) is 0 Å². The van der Waals surface area contributed by atoms with E-state index in [0.717, 1.165) is 11.3 Å². The van der Waals surface area contributed by atoms with Crippen LogP contribution < -0.4 is 10.6 Å². The molecule has 1 atom stereocenters. The van der Waals surface area contributed by atoms with Gasteiger partial charge in [-0.15, -0.1) is 0 Å². The van der Waals surface area contributed by atoms with Crippen molar-refractivity contribution in [1.29, 1.82) is 0 Å². The first-order valence-electron chi connectivity index (χ1n) is 10.5. The Morgan fingerprint density at radius 3 is 2.21 bits per heavy atom. The molecular formula is C26H24N4O2S. The molecule has 0 saturated heterocycles. The minimum Gasteiger partial charge on any atom is -0.345 e. The summed E-state index contributed by atoms with van der Waals surface area (Å²) < 4.78 is 1.81. The Balaban J connectivity index is 1.58. The fraction of sp³-hybridized carbons (Fsp3) is 0.115. The molecular weight excluding hydrogens is 432 g/mol. The van der Waals surface area contributed by atoms with Gasteiger partial charge in [0.05, 0.1) is 23.5 Å². The Morgan fingerprint density at radius 2 is 1.52 bits per heavy atom. The van der Waals surface area contributed by atoms with Crippen molar-refractivity contribution in [2.24, 2.45) is 0 Å². The van der Waals surface area contributed by atoms with Crippen LogP contribution in [0.4, 0.5) is 5.69 Å². The minimum atomic E-state index is -0.344. The van der Waals surface area contributed by atoms with Gasteiger partial charge >= 0.3 is 0 Å². The lowest BCUT2D eigenvalue weighted by Crippen LogP contribution is -2.28. The van der Waals surface area contributed by atoms with Crippen LogP contribution in [-0.2, 0) is 0 Å². The Hall–Kier alpha value is -3.84. The SMILES string of the molecule is CSc1ncc(C(=O)Nc2ccccc2C(=O)NC(C)c2ccccc2)n1-c1ccccc1. The molecule has 6 nitrogen and oxygen atoms in total. The summed E-state index contributed by atoms with van der Waals surface area (Å²) in [5.41, 5.74) is 3.06. The van der Waals surface area contributed by atoms with Crippen molar-refractivity contribution >= 4 is 29.3 Å². The van der Waals surface area contributed by atoms with E-state index in [1.165, 1.54) is 11.8 Å². The number of para-hydroxylation sites is 2. The fourth-order valence-electron chi connectivity index (χ4n) is 3.54. The van der Waals surface area contributed by atoms with E-state index in [0.29, 0.717) is 22.1 Å². The topological polar surface area (TPSA) is 76.0 Å². The standard InChI is InChI=1S/C26H24N4O2S/c1-18(19-11-5-3-6-12-19)28-24(31)21-15-9-10-16-22(21)29-25(32)23-17-27-26(33-2)30(23)20-13-7-4-8-14-20/h3-18H,1-2H3,(H,28,31)(H,29,32). The molecule has 1 aromatic heterocycles.